The smallest absolute Gasteiger partial charge is 0.293 e. The fourth-order valence-electron chi connectivity index (χ4n) is 4.13. The highest BCUT2D eigenvalue weighted by Crippen LogP contribution is 2.35. The van der Waals surface area contributed by atoms with E-state index >= 15 is 0 Å². The molecule has 3 heterocycles. The Balaban J connectivity index is 1.40. The van der Waals surface area contributed by atoms with E-state index in [9.17, 15) is 14.4 Å². The van der Waals surface area contributed by atoms with Crippen molar-refractivity contribution in [2.24, 2.45) is 0 Å². The monoisotopic (exact) mass is 495 g/mol. The van der Waals surface area contributed by atoms with E-state index in [0.717, 1.165) is 33.8 Å². The molecular weight excluding hydrogens is 474 g/mol. The van der Waals surface area contributed by atoms with E-state index < -0.39 is 0 Å². The summed E-state index contributed by atoms with van der Waals surface area (Å²) in [5.74, 6) is -0.301. The van der Waals surface area contributed by atoms with E-state index in [1.54, 1.807) is 35.2 Å². The minimum Gasteiger partial charge on any atom is -0.378 e. The molecule has 0 radical (unpaired) electrons. The van der Waals surface area contributed by atoms with Crippen molar-refractivity contribution < 1.29 is 19.1 Å². The predicted molar refractivity (Wildman–Crippen MR) is 132 cm³/mol. The van der Waals surface area contributed by atoms with Gasteiger partial charge >= 0.3 is 0 Å². The van der Waals surface area contributed by atoms with Gasteiger partial charge in [0.25, 0.3) is 11.1 Å². The van der Waals surface area contributed by atoms with Gasteiger partial charge in [-0.1, -0.05) is 41.9 Å². The van der Waals surface area contributed by atoms with Crippen LogP contribution in [-0.4, -0.2) is 57.7 Å². The average molecular weight is 496 g/mol. The summed E-state index contributed by atoms with van der Waals surface area (Å²) in [5, 5.41) is 1.21. The normalized spacial score (nSPS) is 17.9. The van der Waals surface area contributed by atoms with Gasteiger partial charge in [-0.15, -0.1) is 0 Å². The number of benzene rings is 2. The van der Waals surface area contributed by atoms with Crippen LogP contribution >= 0.6 is 23.4 Å². The highest BCUT2D eigenvalue weighted by molar-refractivity contribution is 8.18. The van der Waals surface area contributed by atoms with E-state index in [0.29, 0.717) is 36.2 Å². The van der Waals surface area contributed by atoms with Crippen molar-refractivity contribution >= 4 is 57.4 Å². The van der Waals surface area contributed by atoms with Crippen LogP contribution < -0.4 is 0 Å². The predicted octanol–water partition coefficient (Wildman–Crippen LogP) is 4.39. The lowest BCUT2D eigenvalue weighted by atomic mass is 10.1. The molecule has 2 saturated heterocycles. The SMILES string of the molecule is O=C(Cn1cc(/C=C2\SC(=O)N(Cc3ccc(Cl)cc3)C2=O)c2ccccc21)N1CCOCC1. The summed E-state index contributed by atoms with van der Waals surface area (Å²) in [5.41, 5.74) is 2.52. The molecule has 2 fully saturated rings. The first-order valence-corrected chi connectivity index (χ1v) is 12.1. The molecule has 9 heteroatoms. The molecule has 2 aliphatic heterocycles. The first-order chi connectivity index (χ1) is 16.5. The zero-order chi connectivity index (χ0) is 23.7. The Morgan fingerprint density at radius 3 is 2.56 bits per heavy atom. The maximum atomic E-state index is 13.0. The van der Waals surface area contributed by atoms with Crippen LogP contribution in [-0.2, 0) is 27.4 Å². The van der Waals surface area contributed by atoms with Crippen molar-refractivity contribution in [3.05, 3.63) is 75.8 Å². The summed E-state index contributed by atoms with van der Waals surface area (Å²) < 4.78 is 7.24. The van der Waals surface area contributed by atoms with Crippen LogP contribution in [0, 0.1) is 0 Å². The number of fused-ring (bicyclic) bond motifs is 1. The molecule has 0 unspecified atom stereocenters. The topological polar surface area (TPSA) is 71.9 Å². The van der Waals surface area contributed by atoms with Gasteiger partial charge in [-0.3, -0.25) is 19.3 Å². The Kier molecular flexibility index (Phi) is 6.45. The standard InChI is InChI=1S/C25H22ClN3O4S/c26-19-7-5-17(6-8-19)14-29-24(31)22(34-25(29)32)13-18-15-28(21-4-2-1-3-20(18)21)16-23(30)27-9-11-33-12-10-27/h1-8,13,15H,9-12,14,16H2/b22-13-. The van der Waals surface area contributed by atoms with Gasteiger partial charge in [0.1, 0.15) is 6.54 Å². The van der Waals surface area contributed by atoms with Crippen LogP contribution in [0.25, 0.3) is 17.0 Å². The molecule has 0 N–H and O–H groups in total. The van der Waals surface area contributed by atoms with E-state index in [4.69, 9.17) is 16.3 Å². The molecule has 3 amide bonds. The van der Waals surface area contributed by atoms with Crippen molar-refractivity contribution in [1.29, 1.82) is 0 Å². The van der Waals surface area contributed by atoms with Gasteiger partial charge in [0, 0.05) is 40.8 Å². The van der Waals surface area contributed by atoms with Crippen LogP contribution in [0.15, 0.2) is 59.6 Å². The lowest BCUT2D eigenvalue weighted by molar-refractivity contribution is -0.135. The molecule has 0 aliphatic carbocycles. The van der Waals surface area contributed by atoms with Crippen LogP contribution in [0.4, 0.5) is 4.79 Å². The quantitative estimate of drug-likeness (QED) is 0.491. The fourth-order valence-corrected chi connectivity index (χ4v) is 5.08. The van der Waals surface area contributed by atoms with E-state index in [1.165, 1.54) is 4.90 Å². The molecule has 174 valence electrons. The summed E-state index contributed by atoms with van der Waals surface area (Å²) in [6.45, 7) is 2.67. The summed E-state index contributed by atoms with van der Waals surface area (Å²) in [6.07, 6.45) is 3.61. The lowest BCUT2D eigenvalue weighted by Crippen LogP contribution is -2.42. The van der Waals surface area contributed by atoms with Gasteiger partial charge in [-0.05, 0) is 41.6 Å². The second-order valence-electron chi connectivity index (χ2n) is 8.12. The van der Waals surface area contributed by atoms with E-state index in [2.05, 4.69) is 0 Å². The molecule has 0 atom stereocenters. The van der Waals surface area contributed by atoms with Crippen molar-refractivity contribution in [1.82, 2.24) is 14.4 Å². The Labute approximate surface area is 205 Å². The van der Waals surface area contributed by atoms with Gasteiger partial charge in [0.2, 0.25) is 5.91 Å². The maximum Gasteiger partial charge on any atom is 0.293 e. The molecule has 0 saturated carbocycles. The number of hydrogen-bond acceptors (Lipinski definition) is 5. The summed E-state index contributed by atoms with van der Waals surface area (Å²) in [7, 11) is 0. The third-order valence-corrected chi connectivity index (χ3v) is 7.06. The Hall–Kier alpha value is -3.07. The number of imide groups is 1. The minimum atomic E-state index is -0.328. The fraction of sp³-hybridized carbons (Fsp3) is 0.240. The number of amides is 3. The second kappa shape index (κ2) is 9.66. The van der Waals surface area contributed by atoms with Gasteiger partial charge in [-0.25, -0.2) is 0 Å². The van der Waals surface area contributed by atoms with Crippen LogP contribution in [0.2, 0.25) is 5.02 Å². The number of para-hydroxylation sites is 1. The number of halogens is 1. The van der Waals surface area contributed by atoms with Crippen LogP contribution in [0.5, 0.6) is 0 Å². The van der Waals surface area contributed by atoms with Gasteiger partial charge in [-0.2, -0.15) is 0 Å². The molecule has 1 aromatic heterocycles. The van der Waals surface area contributed by atoms with Gasteiger partial charge in [0.05, 0.1) is 24.7 Å². The Morgan fingerprint density at radius 2 is 1.79 bits per heavy atom. The molecule has 7 nitrogen and oxygen atoms in total. The number of aromatic nitrogens is 1. The zero-order valence-electron chi connectivity index (χ0n) is 18.3. The highest BCUT2D eigenvalue weighted by atomic mass is 35.5. The molecule has 0 bridgehead atoms. The third kappa shape index (κ3) is 4.61. The first kappa shape index (κ1) is 22.7. The molecule has 3 aromatic rings. The summed E-state index contributed by atoms with van der Waals surface area (Å²) >= 11 is 6.86. The number of ether oxygens (including phenoxy) is 1. The largest absolute Gasteiger partial charge is 0.378 e. The average Bonchev–Trinajstić information content (AvgIpc) is 3.33. The van der Waals surface area contributed by atoms with Crippen molar-refractivity contribution in [2.75, 3.05) is 26.3 Å². The lowest BCUT2D eigenvalue weighted by Gasteiger charge is -2.27. The number of morpholine rings is 1. The molecule has 2 aliphatic rings. The van der Waals surface area contributed by atoms with Gasteiger partial charge in [0.15, 0.2) is 0 Å². The molecular formula is C25H22ClN3O4S. The molecule has 34 heavy (non-hydrogen) atoms. The number of thioether (sulfide) groups is 1. The molecule has 0 spiro atoms. The third-order valence-electron chi connectivity index (χ3n) is 5.90. The van der Waals surface area contributed by atoms with Crippen LogP contribution in [0.3, 0.4) is 0 Å². The number of hydrogen-bond donors (Lipinski definition) is 0. The maximum absolute atomic E-state index is 13.0. The van der Waals surface area contributed by atoms with Gasteiger partial charge < -0.3 is 14.2 Å². The Morgan fingerprint density at radius 1 is 1.06 bits per heavy atom. The zero-order valence-corrected chi connectivity index (χ0v) is 19.8. The van der Waals surface area contributed by atoms with Crippen LogP contribution in [0.1, 0.15) is 11.1 Å². The number of carbonyl (C=O) groups is 3. The highest BCUT2D eigenvalue weighted by Gasteiger charge is 2.35. The summed E-state index contributed by atoms with van der Waals surface area (Å²) in [6, 6.07) is 14.8. The number of carbonyl (C=O) groups excluding carboxylic acids is 3. The first-order valence-electron chi connectivity index (χ1n) is 10.9. The molecule has 5 rings (SSSR count). The molecule has 2 aromatic carbocycles. The second-order valence-corrected chi connectivity index (χ2v) is 9.55. The van der Waals surface area contributed by atoms with E-state index in [1.807, 2.05) is 35.0 Å². The number of nitrogens with zero attached hydrogens (tertiary/aromatic N) is 3. The summed E-state index contributed by atoms with van der Waals surface area (Å²) in [4.78, 5) is 41.8. The Bertz CT molecular complexity index is 1300. The minimum absolute atomic E-state index is 0.0268. The van der Waals surface area contributed by atoms with Crippen molar-refractivity contribution in [3.63, 3.8) is 0 Å². The van der Waals surface area contributed by atoms with Crippen molar-refractivity contribution in [2.45, 2.75) is 13.1 Å². The van der Waals surface area contributed by atoms with E-state index in [-0.39, 0.29) is 30.1 Å². The van der Waals surface area contributed by atoms with Crippen molar-refractivity contribution in [3.8, 4) is 0 Å². The number of rotatable bonds is 5.